The van der Waals surface area contributed by atoms with Crippen LogP contribution in [-0.2, 0) is 11.2 Å². The second-order valence-electron chi connectivity index (χ2n) is 5.30. The molecule has 0 radical (unpaired) electrons. The van der Waals surface area contributed by atoms with Gasteiger partial charge in [0.25, 0.3) is 5.22 Å². The monoisotopic (exact) mass is 385 g/mol. The van der Waals surface area contributed by atoms with Crippen LogP contribution in [0.4, 0.5) is 5.69 Å². The fraction of sp³-hybridized carbons (Fsp3) is 0.235. The van der Waals surface area contributed by atoms with Gasteiger partial charge in [-0.3, -0.25) is 4.79 Å². The summed E-state index contributed by atoms with van der Waals surface area (Å²) in [5.74, 6) is 0.834. The number of thiazole rings is 1. The summed E-state index contributed by atoms with van der Waals surface area (Å²) in [6.45, 7) is 1.95. The molecule has 7 nitrogen and oxygen atoms in total. The zero-order valence-electron chi connectivity index (χ0n) is 13.9. The van der Waals surface area contributed by atoms with Gasteiger partial charge in [-0.15, -0.1) is 21.5 Å². The van der Waals surface area contributed by atoms with Gasteiger partial charge < -0.3 is 9.73 Å². The van der Waals surface area contributed by atoms with Gasteiger partial charge in [0.05, 0.1) is 28.4 Å². The number of amides is 1. The number of rotatable bonds is 7. The number of nitriles is 1. The van der Waals surface area contributed by atoms with Crippen LogP contribution >= 0.6 is 23.1 Å². The molecule has 3 aromatic rings. The van der Waals surface area contributed by atoms with E-state index in [9.17, 15) is 4.79 Å². The summed E-state index contributed by atoms with van der Waals surface area (Å²) in [5.41, 5.74) is 1.86. The van der Waals surface area contributed by atoms with Gasteiger partial charge in [0.15, 0.2) is 0 Å². The van der Waals surface area contributed by atoms with Crippen molar-refractivity contribution in [3.05, 3.63) is 51.8 Å². The molecule has 26 heavy (non-hydrogen) atoms. The lowest BCUT2D eigenvalue weighted by atomic mass is 10.2. The molecule has 2 aromatic heterocycles. The number of nitrogens with zero attached hydrogens (tertiary/aromatic N) is 4. The maximum atomic E-state index is 12.0. The van der Waals surface area contributed by atoms with E-state index in [2.05, 4.69) is 20.5 Å². The fourth-order valence-electron chi connectivity index (χ4n) is 2.15. The predicted molar refractivity (Wildman–Crippen MR) is 99.1 cm³/mol. The number of hydrogen-bond acceptors (Lipinski definition) is 8. The highest BCUT2D eigenvalue weighted by Crippen LogP contribution is 2.20. The Morgan fingerprint density at radius 3 is 3.00 bits per heavy atom. The van der Waals surface area contributed by atoms with Crippen LogP contribution in [0.3, 0.4) is 0 Å². The van der Waals surface area contributed by atoms with E-state index >= 15 is 0 Å². The Labute approximate surface area is 158 Å². The molecule has 0 saturated carbocycles. The summed E-state index contributed by atoms with van der Waals surface area (Å²) in [6, 6.07) is 8.94. The van der Waals surface area contributed by atoms with Crippen molar-refractivity contribution in [2.75, 3.05) is 11.1 Å². The summed E-state index contributed by atoms with van der Waals surface area (Å²) < 4.78 is 5.56. The normalized spacial score (nSPS) is 10.5. The summed E-state index contributed by atoms with van der Waals surface area (Å²) in [7, 11) is 0. The van der Waals surface area contributed by atoms with Crippen LogP contribution < -0.4 is 5.32 Å². The fourth-order valence-corrected chi connectivity index (χ4v) is 3.47. The first-order chi connectivity index (χ1) is 12.6. The number of hydrogen-bond donors (Lipinski definition) is 1. The summed E-state index contributed by atoms with van der Waals surface area (Å²) in [6.07, 6.45) is 0.775. The molecule has 0 aliphatic heterocycles. The lowest BCUT2D eigenvalue weighted by molar-refractivity contribution is -0.115. The van der Waals surface area contributed by atoms with Gasteiger partial charge >= 0.3 is 0 Å². The van der Waals surface area contributed by atoms with Gasteiger partial charge in [0.1, 0.15) is 6.07 Å². The van der Waals surface area contributed by atoms with Crippen LogP contribution in [0.5, 0.6) is 0 Å². The number of para-hydroxylation sites is 1. The average molecular weight is 385 g/mol. The minimum Gasteiger partial charge on any atom is -0.416 e. The van der Waals surface area contributed by atoms with E-state index in [0.717, 1.165) is 10.7 Å². The molecule has 0 unspecified atom stereocenters. The minimum atomic E-state index is -0.169. The lowest BCUT2D eigenvalue weighted by Gasteiger charge is -2.05. The number of carbonyl (C=O) groups is 1. The zero-order valence-corrected chi connectivity index (χ0v) is 15.6. The number of carbonyl (C=O) groups excluding carboxylic acids is 1. The van der Waals surface area contributed by atoms with Crippen LogP contribution in [-0.4, -0.2) is 26.8 Å². The molecule has 3 rings (SSSR count). The van der Waals surface area contributed by atoms with Gasteiger partial charge in [-0.25, -0.2) is 4.98 Å². The van der Waals surface area contributed by atoms with Crippen LogP contribution in [0.2, 0.25) is 0 Å². The molecule has 0 atom stereocenters. The molecule has 132 valence electrons. The van der Waals surface area contributed by atoms with Crippen molar-refractivity contribution < 1.29 is 9.21 Å². The molecule has 0 bridgehead atoms. The number of aryl methyl sites for hydroxylation is 1. The van der Waals surface area contributed by atoms with Crippen LogP contribution in [0.15, 0.2) is 39.3 Å². The summed E-state index contributed by atoms with van der Waals surface area (Å²) in [4.78, 5) is 16.4. The third kappa shape index (κ3) is 4.91. The Kier molecular flexibility index (Phi) is 5.99. The molecule has 0 spiro atoms. The number of benzene rings is 1. The second-order valence-corrected chi connectivity index (χ2v) is 7.41. The Bertz CT molecular complexity index is 945. The summed E-state index contributed by atoms with van der Waals surface area (Å²) in [5, 5.41) is 23.1. The molecule has 0 fully saturated rings. The van der Waals surface area contributed by atoms with E-state index < -0.39 is 0 Å². The van der Waals surface area contributed by atoms with Crippen molar-refractivity contribution in [3.8, 4) is 6.07 Å². The van der Waals surface area contributed by atoms with E-state index in [1.807, 2.05) is 18.4 Å². The van der Waals surface area contributed by atoms with Crippen molar-refractivity contribution in [2.45, 2.75) is 25.0 Å². The number of nitrogens with one attached hydrogen (secondary N) is 1. The molecular weight excluding hydrogens is 370 g/mol. The molecule has 1 aromatic carbocycles. The van der Waals surface area contributed by atoms with Gasteiger partial charge in [-0.2, -0.15) is 5.26 Å². The van der Waals surface area contributed by atoms with E-state index in [0.29, 0.717) is 34.5 Å². The van der Waals surface area contributed by atoms with Crippen LogP contribution in [0.1, 0.15) is 28.6 Å². The minimum absolute atomic E-state index is 0.169. The van der Waals surface area contributed by atoms with Gasteiger partial charge in [-0.05, 0) is 19.1 Å². The van der Waals surface area contributed by atoms with Crippen molar-refractivity contribution in [3.63, 3.8) is 0 Å². The smallest absolute Gasteiger partial charge is 0.276 e. The van der Waals surface area contributed by atoms with Crippen molar-refractivity contribution in [1.82, 2.24) is 15.2 Å². The second kappa shape index (κ2) is 8.60. The van der Waals surface area contributed by atoms with E-state index in [1.54, 1.807) is 35.6 Å². The molecule has 1 amide bonds. The number of thioether (sulfide) groups is 1. The third-order valence-electron chi connectivity index (χ3n) is 3.32. The van der Waals surface area contributed by atoms with Gasteiger partial charge in [0, 0.05) is 17.6 Å². The number of aromatic nitrogens is 3. The number of anilines is 1. The first-order valence-electron chi connectivity index (χ1n) is 7.79. The largest absolute Gasteiger partial charge is 0.416 e. The summed E-state index contributed by atoms with van der Waals surface area (Å²) >= 11 is 2.90. The molecule has 2 heterocycles. The van der Waals surface area contributed by atoms with E-state index in [-0.39, 0.29) is 12.3 Å². The average Bonchev–Trinajstić information content (AvgIpc) is 3.24. The lowest BCUT2D eigenvalue weighted by Crippen LogP contribution is -2.13. The standard InChI is InChI=1S/C17H15N5O2S2/c1-11-19-13(10-26-11)8-16-21-22-17(24-16)25-7-6-15(23)20-14-5-3-2-4-12(14)9-18/h2-5,10H,6-8H2,1H3,(H,20,23). The highest BCUT2D eigenvalue weighted by atomic mass is 32.2. The van der Waals surface area contributed by atoms with Crippen molar-refractivity contribution in [2.24, 2.45) is 0 Å². The molecule has 0 saturated heterocycles. The predicted octanol–water partition coefficient (Wildman–Crippen LogP) is 3.42. The Balaban J connectivity index is 1.46. The first kappa shape index (κ1) is 18.1. The van der Waals surface area contributed by atoms with E-state index in [1.165, 1.54) is 11.8 Å². The zero-order chi connectivity index (χ0) is 18.4. The van der Waals surface area contributed by atoms with Crippen molar-refractivity contribution in [1.29, 1.82) is 5.26 Å². The Morgan fingerprint density at radius 2 is 2.23 bits per heavy atom. The van der Waals surface area contributed by atoms with Crippen LogP contribution in [0.25, 0.3) is 0 Å². The van der Waals surface area contributed by atoms with Gasteiger partial charge in [0.2, 0.25) is 11.8 Å². The van der Waals surface area contributed by atoms with Crippen molar-refractivity contribution >= 4 is 34.7 Å². The maximum Gasteiger partial charge on any atom is 0.276 e. The molecule has 1 N–H and O–H groups in total. The first-order valence-corrected chi connectivity index (χ1v) is 9.65. The molecule has 9 heteroatoms. The Hall–Kier alpha value is -2.70. The third-order valence-corrected chi connectivity index (χ3v) is 4.97. The molecule has 0 aliphatic carbocycles. The SMILES string of the molecule is Cc1nc(Cc2nnc(SCCC(=O)Nc3ccccc3C#N)o2)cs1. The Morgan fingerprint density at radius 1 is 1.38 bits per heavy atom. The highest BCUT2D eigenvalue weighted by Gasteiger charge is 2.11. The van der Waals surface area contributed by atoms with Crippen LogP contribution in [0, 0.1) is 18.3 Å². The molecule has 0 aliphatic rings. The maximum absolute atomic E-state index is 12.0. The molecular formula is C17H15N5O2S2. The van der Waals surface area contributed by atoms with Gasteiger partial charge in [-0.1, -0.05) is 23.9 Å². The highest BCUT2D eigenvalue weighted by molar-refractivity contribution is 7.99. The quantitative estimate of drug-likeness (QED) is 0.621. The van der Waals surface area contributed by atoms with E-state index in [4.69, 9.17) is 9.68 Å². The topological polar surface area (TPSA) is 105 Å².